The lowest BCUT2D eigenvalue weighted by atomic mass is 10.1. The number of ether oxygens (including phenoxy) is 1. The summed E-state index contributed by atoms with van der Waals surface area (Å²) in [4.78, 5) is 22.2. The first-order valence-corrected chi connectivity index (χ1v) is 7.65. The van der Waals surface area contributed by atoms with Crippen molar-refractivity contribution in [1.29, 1.82) is 0 Å². The predicted octanol–water partition coefficient (Wildman–Crippen LogP) is 1.43. The third kappa shape index (κ3) is 3.87. The van der Waals surface area contributed by atoms with E-state index in [9.17, 15) is 4.79 Å². The summed E-state index contributed by atoms with van der Waals surface area (Å²) in [5, 5.41) is 0. The third-order valence-corrected chi connectivity index (χ3v) is 3.86. The average molecular weight is 316 g/mol. The number of aromatic nitrogens is 2. The Morgan fingerprint density at radius 2 is 2.39 bits per heavy atom. The molecule has 1 fully saturated rings. The highest BCUT2D eigenvalue weighted by atomic mass is 16.5. The molecular formula is C16H20N4O3. The Morgan fingerprint density at radius 1 is 1.52 bits per heavy atom. The normalized spacial score (nSPS) is 18.1. The van der Waals surface area contributed by atoms with Gasteiger partial charge in [0, 0.05) is 26.2 Å². The van der Waals surface area contributed by atoms with Crippen LogP contribution in [0.25, 0.3) is 0 Å². The molecule has 0 aromatic carbocycles. The number of oxazole rings is 1. The van der Waals surface area contributed by atoms with Gasteiger partial charge in [0.15, 0.2) is 11.6 Å². The van der Waals surface area contributed by atoms with Crippen molar-refractivity contribution in [3.63, 3.8) is 0 Å². The van der Waals surface area contributed by atoms with Crippen molar-refractivity contribution in [3.05, 3.63) is 41.7 Å². The van der Waals surface area contributed by atoms with Crippen LogP contribution in [-0.2, 0) is 11.2 Å². The predicted molar refractivity (Wildman–Crippen MR) is 83.9 cm³/mol. The molecule has 1 saturated heterocycles. The number of hydrogen-bond donors (Lipinski definition) is 1. The minimum atomic E-state index is -0.108. The van der Waals surface area contributed by atoms with Crippen LogP contribution in [0.4, 0.5) is 5.82 Å². The van der Waals surface area contributed by atoms with E-state index in [4.69, 9.17) is 14.9 Å². The molecule has 3 rings (SSSR count). The smallest absolute Gasteiger partial charge is 0.275 e. The van der Waals surface area contributed by atoms with Gasteiger partial charge < -0.3 is 19.8 Å². The summed E-state index contributed by atoms with van der Waals surface area (Å²) in [6.45, 7) is 3.39. The molecule has 1 atom stereocenters. The molecule has 7 nitrogen and oxygen atoms in total. The Kier molecular flexibility index (Phi) is 4.57. The van der Waals surface area contributed by atoms with E-state index in [0.717, 1.165) is 18.4 Å². The number of carbonyl (C=O) groups excluding carboxylic acids is 1. The third-order valence-electron chi connectivity index (χ3n) is 3.86. The fourth-order valence-corrected chi connectivity index (χ4v) is 2.68. The van der Waals surface area contributed by atoms with E-state index in [1.165, 1.54) is 6.26 Å². The number of rotatable bonds is 4. The highest BCUT2D eigenvalue weighted by molar-refractivity contribution is 5.92. The molecule has 0 bridgehead atoms. The van der Waals surface area contributed by atoms with Crippen molar-refractivity contribution in [3.8, 4) is 0 Å². The standard InChI is InChI=1S/C16H20N4O3/c1-11-19-14(10-23-11)16(21)20-6-7-22-13(9-20)3-2-12-4-5-18-15(17)8-12/h4-5,8,10,13H,2-3,6-7,9H2,1H3,(H2,17,18). The van der Waals surface area contributed by atoms with E-state index >= 15 is 0 Å². The number of nitrogens with zero attached hydrogens (tertiary/aromatic N) is 3. The molecule has 2 aromatic heterocycles. The molecule has 1 unspecified atom stereocenters. The number of amides is 1. The van der Waals surface area contributed by atoms with Crippen LogP contribution in [-0.4, -0.2) is 46.6 Å². The maximum atomic E-state index is 12.4. The highest BCUT2D eigenvalue weighted by Crippen LogP contribution is 2.15. The van der Waals surface area contributed by atoms with Gasteiger partial charge in [-0.15, -0.1) is 0 Å². The van der Waals surface area contributed by atoms with Crippen LogP contribution in [0.1, 0.15) is 28.4 Å². The van der Waals surface area contributed by atoms with E-state index in [-0.39, 0.29) is 12.0 Å². The highest BCUT2D eigenvalue weighted by Gasteiger charge is 2.26. The number of morpholine rings is 1. The van der Waals surface area contributed by atoms with E-state index in [2.05, 4.69) is 9.97 Å². The van der Waals surface area contributed by atoms with Crippen molar-refractivity contribution in [1.82, 2.24) is 14.9 Å². The minimum absolute atomic E-state index is 0.00934. The summed E-state index contributed by atoms with van der Waals surface area (Å²) < 4.78 is 10.9. The van der Waals surface area contributed by atoms with Gasteiger partial charge in [0.2, 0.25) is 0 Å². The van der Waals surface area contributed by atoms with Gasteiger partial charge in [-0.1, -0.05) is 0 Å². The maximum Gasteiger partial charge on any atom is 0.275 e. The largest absolute Gasteiger partial charge is 0.448 e. The monoisotopic (exact) mass is 316 g/mol. The number of anilines is 1. The Balaban J connectivity index is 1.56. The van der Waals surface area contributed by atoms with E-state index in [0.29, 0.717) is 37.1 Å². The SMILES string of the molecule is Cc1nc(C(=O)N2CCOC(CCc3ccnc(N)c3)C2)co1. The second-order valence-corrected chi connectivity index (χ2v) is 5.62. The Hall–Kier alpha value is -2.41. The molecule has 2 aromatic rings. The molecule has 122 valence electrons. The second-order valence-electron chi connectivity index (χ2n) is 5.62. The molecule has 0 saturated carbocycles. The first-order chi connectivity index (χ1) is 11.1. The van der Waals surface area contributed by atoms with Gasteiger partial charge in [0.05, 0.1) is 12.7 Å². The van der Waals surface area contributed by atoms with Crippen LogP contribution in [0.2, 0.25) is 0 Å². The Morgan fingerprint density at radius 3 is 3.13 bits per heavy atom. The molecule has 23 heavy (non-hydrogen) atoms. The molecule has 0 radical (unpaired) electrons. The molecular weight excluding hydrogens is 296 g/mol. The van der Waals surface area contributed by atoms with Crippen LogP contribution < -0.4 is 5.73 Å². The zero-order valence-corrected chi connectivity index (χ0v) is 13.1. The number of nitrogens with two attached hydrogens (primary N) is 1. The Labute approximate surface area is 134 Å². The quantitative estimate of drug-likeness (QED) is 0.917. The van der Waals surface area contributed by atoms with Crippen LogP contribution in [0.15, 0.2) is 29.0 Å². The summed E-state index contributed by atoms with van der Waals surface area (Å²) >= 11 is 0. The molecule has 7 heteroatoms. The van der Waals surface area contributed by atoms with Gasteiger partial charge in [-0.05, 0) is 30.5 Å². The van der Waals surface area contributed by atoms with Crippen LogP contribution >= 0.6 is 0 Å². The summed E-state index contributed by atoms with van der Waals surface area (Å²) in [6, 6.07) is 3.81. The number of nitrogen functional groups attached to an aromatic ring is 1. The maximum absolute atomic E-state index is 12.4. The van der Waals surface area contributed by atoms with Gasteiger partial charge in [-0.3, -0.25) is 4.79 Å². The summed E-state index contributed by atoms with van der Waals surface area (Å²) in [7, 11) is 0. The zero-order valence-electron chi connectivity index (χ0n) is 13.1. The average Bonchev–Trinajstić information content (AvgIpc) is 2.99. The Bertz CT molecular complexity index is 685. The topological polar surface area (TPSA) is 94.5 Å². The molecule has 1 amide bonds. The van der Waals surface area contributed by atoms with E-state index in [1.54, 1.807) is 18.0 Å². The fraction of sp³-hybridized carbons (Fsp3) is 0.438. The number of pyridine rings is 1. The van der Waals surface area contributed by atoms with Crippen molar-refractivity contribution < 1.29 is 13.9 Å². The van der Waals surface area contributed by atoms with Gasteiger partial charge in [-0.2, -0.15) is 0 Å². The van der Waals surface area contributed by atoms with Gasteiger partial charge >= 0.3 is 0 Å². The zero-order chi connectivity index (χ0) is 16.2. The van der Waals surface area contributed by atoms with Gasteiger partial charge in [0.25, 0.3) is 5.91 Å². The summed E-state index contributed by atoms with van der Waals surface area (Å²) in [5.41, 5.74) is 7.16. The lowest BCUT2D eigenvalue weighted by Gasteiger charge is -2.32. The molecule has 0 aliphatic carbocycles. The lowest BCUT2D eigenvalue weighted by Crippen LogP contribution is -2.45. The number of hydrogen-bond acceptors (Lipinski definition) is 6. The van der Waals surface area contributed by atoms with Crippen LogP contribution in [0.5, 0.6) is 0 Å². The first-order valence-electron chi connectivity index (χ1n) is 7.65. The number of carbonyl (C=O) groups is 1. The number of aryl methyl sites for hydroxylation is 2. The molecule has 3 heterocycles. The minimum Gasteiger partial charge on any atom is -0.448 e. The van der Waals surface area contributed by atoms with Crippen molar-refractivity contribution in [2.75, 3.05) is 25.4 Å². The van der Waals surface area contributed by atoms with Gasteiger partial charge in [0.1, 0.15) is 12.1 Å². The second kappa shape index (κ2) is 6.78. The molecule has 2 N–H and O–H groups in total. The summed E-state index contributed by atoms with van der Waals surface area (Å²) in [5.74, 6) is 0.905. The van der Waals surface area contributed by atoms with Gasteiger partial charge in [-0.25, -0.2) is 9.97 Å². The van der Waals surface area contributed by atoms with E-state index in [1.807, 2.05) is 12.1 Å². The summed E-state index contributed by atoms with van der Waals surface area (Å²) in [6.07, 6.45) is 4.78. The molecule has 1 aliphatic rings. The fourth-order valence-electron chi connectivity index (χ4n) is 2.68. The molecule has 0 spiro atoms. The lowest BCUT2D eigenvalue weighted by molar-refractivity contribution is -0.0247. The van der Waals surface area contributed by atoms with Crippen molar-refractivity contribution in [2.45, 2.75) is 25.9 Å². The van der Waals surface area contributed by atoms with Crippen LogP contribution in [0.3, 0.4) is 0 Å². The first kappa shape index (κ1) is 15.5. The van der Waals surface area contributed by atoms with Crippen molar-refractivity contribution >= 4 is 11.7 Å². The molecule has 1 aliphatic heterocycles. The van der Waals surface area contributed by atoms with Crippen LogP contribution in [0, 0.1) is 6.92 Å². The van der Waals surface area contributed by atoms with E-state index < -0.39 is 0 Å². The van der Waals surface area contributed by atoms with Crippen molar-refractivity contribution in [2.24, 2.45) is 0 Å².